The minimum atomic E-state index is -2.62. The molecule has 0 N–H and O–H groups in total. The SMILES string of the molecule is [2H]C([2H])([2H])c1cc(-c2ncccn2)cc(C([2H])([2H])[2H])c1-n1c(-c2ccccc2C)[n+](C)c2ccccc21. The van der Waals surface area contributed by atoms with E-state index in [1.807, 2.05) is 67.1 Å². The summed E-state index contributed by atoms with van der Waals surface area (Å²) in [7, 11) is 1.90. The predicted molar refractivity (Wildman–Crippen MR) is 125 cm³/mol. The number of benzene rings is 3. The highest BCUT2D eigenvalue weighted by Gasteiger charge is 2.28. The van der Waals surface area contributed by atoms with Gasteiger partial charge in [0.05, 0.1) is 12.6 Å². The molecule has 0 saturated heterocycles. The van der Waals surface area contributed by atoms with Crippen molar-refractivity contribution in [3.63, 3.8) is 0 Å². The molecule has 2 heterocycles. The second-order valence-corrected chi connectivity index (χ2v) is 7.51. The van der Waals surface area contributed by atoms with Crippen LogP contribution in [0.5, 0.6) is 0 Å². The van der Waals surface area contributed by atoms with Crippen molar-refractivity contribution in [2.24, 2.45) is 7.05 Å². The van der Waals surface area contributed by atoms with Crippen molar-refractivity contribution < 1.29 is 12.8 Å². The first kappa shape index (κ1) is 13.5. The third-order valence-corrected chi connectivity index (χ3v) is 5.56. The van der Waals surface area contributed by atoms with Crippen LogP contribution in [-0.4, -0.2) is 14.5 Å². The topological polar surface area (TPSA) is 34.6 Å². The zero-order valence-corrected chi connectivity index (χ0v) is 17.3. The van der Waals surface area contributed by atoms with E-state index in [1.54, 1.807) is 10.6 Å². The Hall–Kier alpha value is -3.79. The van der Waals surface area contributed by atoms with Crippen LogP contribution in [0.4, 0.5) is 0 Å². The van der Waals surface area contributed by atoms with Crippen LogP contribution in [-0.2, 0) is 7.05 Å². The quantitative estimate of drug-likeness (QED) is 0.367. The number of aryl methyl sites for hydroxylation is 4. The number of para-hydroxylation sites is 2. The van der Waals surface area contributed by atoms with Crippen molar-refractivity contribution in [2.45, 2.75) is 20.6 Å². The maximum absolute atomic E-state index is 8.44. The average Bonchev–Trinajstić information content (AvgIpc) is 3.15. The maximum atomic E-state index is 8.44. The van der Waals surface area contributed by atoms with Gasteiger partial charge in [-0.2, -0.15) is 4.57 Å². The minimum Gasteiger partial charge on any atom is -0.237 e. The number of nitrogens with zero attached hydrogens (tertiary/aromatic N) is 4. The molecule has 5 aromatic rings. The van der Waals surface area contributed by atoms with Crippen LogP contribution in [0.1, 0.15) is 24.9 Å². The highest BCUT2D eigenvalue weighted by Crippen LogP contribution is 2.33. The Morgan fingerprint density at radius 3 is 2.23 bits per heavy atom. The van der Waals surface area contributed by atoms with Crippen LogP contribution >= 0.6 is 0 Å². The fourth-order valence-corrected chi connectivity index (χ4v) is 4.12. The molecule has 0 aliphatic rings. The predicted octanol–water partition coefficient (Wildman–Crippen LogP) is 5.50. The lowest BCUT2D eigenvalue weighted by Gasteiger charge is -2.12. The molecule has 0 aliphatic carbocycles. The molecule has 5 rings (SSSR count). The van der Waals surface area contributed by atoms with E-state index in [0.29, 0.717) is 16.9 Å². The lowest BCUT2D eigenvalue weighted by atomic mass is 10.0. The highest BCUT2D eigenvalue weighted by molar-refractivity contribution is 5.81. The lowest BCUT2D eigenvalue weighted by molar-refractivity contribution is -0.633. The summed E-state index contributed by atoms with van der Waals surface area (Å²) in [6.07, 6.45) is 3.08. The zero-order valence-electron chi connectivity index (χ0n) is 23.3. The molecule has 0 spiro atoms. The van der Waals surface area contributed by atoms with Crippen LogP contribution in [0.15, 0.2) is 79.1 Å². The van der Waals surface area contributed by atoms with Gasteiger partial charge in [0, 0.05) is 26.2 Å². The van der Waals surface area contributed by atoms with E-state index in [4.69, 9.17) is 8.22 Å². The van der Waals surface area contributed by atoms with E-state index in [2.05, 4.69) is 9.97 Å². The fraction of sp³-hybridized carbons (Fsp3) is 0.148. The molecule has 4 heteroatoms. The van der Waals surface area contributed by atoms with Gasteiger partial charge >= 0.3 is 0 Å². The molecule has 2 aromatic heterocycles. The Morgan fingerprint density at radius 2 is 1.52 bits per heavy atom. The summed E-state index contributed by atoms with van der Waals surface area (Å²) in [5.41, 5.74) is 3.66. The molecule has 0 unspecified atom stereocenters. The second kappa shape index (κ2) is 7.47. The lowest BCUT2D eigenvalue weighted by Crippen LogP contribution is -2.30. The van der Waals surface area contributed by atoms with Crippen LogP contribution in [0, 0.1) is 20.6 Å². The molecule has 152 valence electrons. The maximum Gasteiger partial charge on any atom is 0.295 e. The molecule has 3 aromatic carbocycles. The van der Waals surface area contributed by atoms with E-state index >= 15 is 0 Å². The Balaban J connectivity index is 2.00. The van der Waals surface area contributed by atoms with Gasteiger partial charge in [-0.1, -0.05) is 30.3 Å². The van der Waals surface area contributed by atoms with E-state index in [9.17, 15) is 0 Å². The number of aromatic nitrogens is 4. The molecule has 4 nitrogen and oxygen atoms in total. The number of rotatable bonds is 3. The average molecular weight is 412 g/mol. The molecule has 0 aliphatic heterocycles. The molecular weight excluding hydrogens is 380 g/mol. The Labute approximate surface area is 190 Å². The number of hydrogen-bond donors (Lipinski definition) is 0. The summed E-state index contributed by atoms with van der Waals surface area (Å²) in [6.45, 7) is -3.26. The molecule has 0 atom stereocenters. The monoisotopic (exact) mass is 411 g/mol. The number of fused-ring (bicyclic) bond motifs is 1. The fourth-order valence-electron chi connectivity index (χ4n) is 4.12. The largest absolute Gasteiger partial charge is 0.295 e. The minimum absolute atomic E-state index is 0.0836. The Kier molecular flexibility index (Phi) is 3.25. The molecule has 0 radical (unpaired) electrons. The van der Waals surface area contributed by atoms with Crippen LogP contribution in [0.2, 0.25) is 0 Å². The van der Waals surface area contributed by atoms with E-state index < -0.39 is 13.7 Å². The molecule has 0 amide bonds. The van der Waals surface area contributed by atoms with Gasteiger partial charge in [0.25, 0.3) is 5.82 Å². The van der Waals surface area contributed by atoms with Crippen molar-refractivity contribution in [1.29, 1.82) is 0 Å². The second-order valence-electron chi connectivity index (χ2n) is 7.51. The normalized spacial score (nSPS) is 14.9. The molecule has 0 fully saturated rings. The summed E-state index contributed by atoms with van der Waals surface area (Å²) in [6, 6.07) is 20.0. The molecule has 31 heavy (non-hydrogen) atoms. The highest BCUT2D eigenvalue weighted by atomic mass is 15.2. The third kappa shape index (κ3) is 3.12. The van der Waals surface area contributed by atoms with Crippen LogP contribution in [0.25, 0.3) is 39.5 Å². The molecule has 0 bridgehead atoms. The van der Waals surface area contributed by atoms with Crippen LogP contribution in [0.3, 0.4) is 0 Å². The third-order valence-electron chi connectivity index (χ3n) is 5.56. The van der Waals surface area contributed by atoms with E-state index in [0.717, 1.165) is 16.6 Å². The standard InChI is InChI=1S/C27H25N4/c1-18-10-5-6-11-22(18)27-30(4)23-12-7-8-13-24(23)31(27)25-19(2)16-21(17-20(25)3)26-28-14-9-15-29-26/h5-17H,1-4H3/q+1/i2D3,3D3. The summed E-state index contributed by atoms with van der Waals surface area (Å²) in [4.78, 5) is 8.48. The summed E-state index contributed by atoms with van der Waals surface area (Å²) in [5, 5.41) is 0. The first-order chi connectivity index (χ1) is 17.5. The summed E-state index contributed by atoms with van der Waals surface area (Å²) < 4.78 is 54.4. The number of imidazole rings is 1. The summed E-state index contributed by atoms with van der Waals surface area (Å²) in [5.74, 6) is 0.936. The zero-order chi connectivity index (χ0) is 26.5. The van der Waals surface area contributed by atoms with Gasteiger partial charge in [0.1, 0.15) is 5.69 Å². The summed E-state index contributed by atoms with van der Waals surface area (Å²) >= 11 is 0. The smallest absolute Gasteiger partial charge is 0.237 e. The van der Waals surface area contributed by atoms with E-state index in [-0.39, 0.29) is 22.6 Å². The van der Waals surface area contributed by atoms with Gasteiger partial charge in [-0.05, 0) is 73.7 Å². The van der Waals surface area contributed by atoms with Gasteiger partial charge in [-0.3, -0.25) is 0 Å². The van der Waals surface area contributed by atoms with Crippen LogP contribution < -0.4 is 4.57 Å². The van der Waals surface area contributed by atoms with Gasteiger partial charge < -0.3 is 0 Å². The molecule has 0 saturated carbocycles. The van der Waals surface area contributed by atoms with E-state index in [1.165, 1.54) is 24.5 Å². The van der Waals surface area contributed by atoms with Crippen molar-refractivity contribution in [3.8, 4) is 28.5 Å². The van der Waals surface area contributed by atoms with Gasteiger partial charge in [-0.25, -0.2) is 14.5 Å². The van der Waals surface area contributed by atoms with Gasteiger partial charge in [-0.15, -0.1) is 0 Å². The van der Waals surface area contributed by atoms with Crippen molar-refractivity contribution in [2.75, 3.05) is 0 Å². The van der Waals surface area contributed by atoms with Crippen molar-refractivity contribution >= 4 is 11.0 Å². The Morgan fingerprint density at radius 1 is 0.839 bits per heavy atom. The van der Waals surface area contributed by atoms with Gasteiger partial charge in [0.15, 0.2) is 16.9 Å². The first-order valence-corrected chi connectivity index (χ1v) is 10.0. The number of hydrogen-bond acceptors (Lipinski definition) is 2. The van der Waals surface area contributed by atoms with Crippen molar-refractivity contribution in [1.82, 2.24) is 14.5 Å². The van der Waals surface area contributed by atoms with Crippen molar-refractivity contribution in [3.05, 3.63) is 95.8 Å². The van der Waals surface area contributed by atoms with Gasteiger partial charge in [0.2, 0.25) is 0 Å². The first-order valence-electron chi connectivity index (χ1n) is 13.0. The molecular formula is C27H25N4+. The Bertz CT molecular complexity index is 1580.